The van der Waals surface area contributed by atoms with E-state index >= 15 is 0 Å². The van der Waals surface area contributed by atoms with Crippen LogP contribution in [0.3, 0.4) is 0 Å². The number of hydrogen-bond acceptors (Lipinski definition) is 4. The Labute approximate surface area is 148 Å². The van der Waals surface area contributed by atoms with Gasteiger partial charge in [0.05, 0.1) is 18.4 Å². The minimum Gasteiger partial charge on any atom is -0.359 e. The summed E-state index contributed by atoms with van der Waals surface area (Å²) < 4.78 is 0. The number of carbonyl (C=O) groups is 2. The first-order valence-electron chi connectivity index (χ1n) is 8.48. The van der Waals surface area contributed by atoms with E-state index in [2.05, 4.69) is 30.8 Å². The van der Waals surface area contributed by atoms with Gasteiger partial charge in [0.2, 0.25) is 11.8 Å². The maximum absolute atomic E-state index is 12.0. The van der Waals surface area contributed by atoms with Crippen molar-refractivity contribution in [2.24, 2.45) is 10.9 Å². The first-order valence-corrected chi connectivity index (χ1v) is 8.48. The zero-order chi connectivity index (χ0) is 18.1. The lowest BCUT2D eigenvalue weighted by atomic mass is 9.93. The fourth-order valence-electron chi connectivity index (χ4n) is 2.85. The number of rotatable bonds is 5. The molecule has 0 saturated carbocycles. The van der Waals surface area contributed by atoms with E-state index in [1.54, 1.807) is 38.6 Å². The van der Waals surface area contributed by atoms with E-state index < -0.39 is 0 Å². The van der Waals surface area contributed by atoms with Crippen LogP contribution in [0.15, 0.2) is 29.5 Å². The Balaban J connectivity index is 1.75. The summed E-state index contributed by atoms with van der Waals surface area (Å²) in [5, 5.41) is 8.54. The van der Waals surface area contributed by atoms with Gasteiger partial charge in [0.15, 0.2) is 5.96 Å². The third-order valence-electron chi connectivity index (χ3n) is 4.23. The monoisotopic (exact) mass is 346 g/mol. The Hall–Kier alpha value is -2.64. The van der Waals surface area contributed by atoms with E-state index in [9.17, 15) is 9.59 Å². The largest absolute Gasteiger partial charge is 0.359 e. The summed E-state index contributed by atoms with van der Waals surface area (Å²) in [7, 11) is 3.37. The van der Waals surface area contributed by atoms with Gasteiger partial charge in [-0.3, -0.25) is 19.6 Å². The highest BCUT2D eigenvalue weighted by atomic mass is 16.2. The molecule has 25 heavy (non-hydrogen) atoms. The first kappa shape index (κ1) is 18.7. The number of hydrogen-bond donors (Lipinski definition) is 3. The lowest BCUT2D eigenvalue weighted by Crippen LogP contribution is -2.47. The molecule has 136 valence electrons. The van der Waals surface area contributed by atoms with Gasteiger partial charge in [-0.2, -0.15) is 0 Å². The minimum atomic E-state index is -0.149. The summed E-state index contributed by atoms with van der Waals surface area (Å²) in [4.78, 5) is 33.8. The van der Waals surface area contributed by atoms with E-state index in [0.717, 1.165) is 25.9 Å². The van der Waals surface area contributed by atoms with Gasteiger partial charge < -0.3 is 20.9 Å². The van der Waals surface area contributed by atoms with Crippen LogP contribution in [0.25, 0.3) is 0 Å². The first-order chi connectivity index (χ1) is 12.1. The molecular weight excluding hydrogens is 320 g/mol. The van der Waals surface area contributed by atoms with Crippen LogP contribution in [0.2, 0.25) is 0 Å². The summed E-state index contributed by atoms with van der Waals surface area (Å²) in [6, 6.07) is 3.56. The molecule has 0 unspecified atom stereocenters. The van der Waals surface area contributed by atoms with Gasteiger partial charge in [-0.15, -0.1) is 0 Å². The standard InChI is InChI=1S/C17H26N6O2/c1-18-15(24)10-13-5-8-23(9-6-13)17(19-2)21-12-16(25)22-14-4-3-7-20-11-14/h3-4,7,11,13H,5-6,8-10,12H2,1-2H3,(H,18,24)(H,19,21)(H,22,25). The molecule has 0 spiro atoms. The number of nitrogens with one attached hydrogen (secondary N) is 3. The average molecular weight is 346 g/mol. The molecule has 0 bridgehead atoms. The van der Waals surface area contributed by atoms with E-state index in [1.165, 1.54) is 0 Å². The number of anilines is 1. The Morgan fingerprint density at radius 2 is 2.08 bits per heavy atom. The van der Waals surface area contributed by atoms with Crippen LogP contribution in [-0.4, -0.2) is 61.4 Å². The Morgan fingerprint density at radius 3 is 2.68 bits per heavy atom. The summed E-state index contributed by atoms with van der Waals surface area (Å²) in [5.74, 6) is 1.06. The molecule has 1 fully saturated rings. The zero-order valence-corrected chi connectivity index (χ0v) is 14.8. The van der Waals surface area contributed by atoms with E-state index in [-0.39, 0.29) is 18.4 Å². The van der Waals surface area contributed by atoms with Crippen molar-refractivity contribution in [2.75, 3.05) is 39.0 Å². The lowest BCUT2D eigenvalue weighted by molar-refractivity contribution is -0.121. The molecule has 8 nitrogen and oxygen atoms in total. The molecule has 0 aromatic carbocycles. The molecule has 0 atom stereocenters. The Morgan fingerprint density at radius 1 is 1.32 bits per heavy atom. The molecule has 1 aliphatic heterocycles. The lowest BCUT2D eigenvalue weighted by Gasteiger charge is -2.33. The maximum atomic E-state index is 12.0. The molecule has 3 N–H and O–H groups in total. The van der Waals surface area contributed by atoms with Crippen molar-refractivity contribution >= 4 is 23.5 Å². The topological polar surface area (TPSA) is 98.7 Å². The molecule has 2 rings (SSSR count). The molecule has 0 radical (unpaired) electrons. The highest BCUT2D eigenvalue weighted by molar-refractivity contribution is 5.94. The third kappa shape index (κ3) is 6.06. The molecular formula is C17H26N6O2. The van der Waals surface area contributed by atoms with Crippen molar-refractivity contribution in [1.29, 1.82) is 0 Å². The van der Waals surface area contributed by atoms with Crippen LogP contribution in [0, 0.1) is 5.92 Å². The quantitative estimate of drug-likeness (QED) is 0.531. The van der Waals surface area contributed by atoms with Crippen LogP contribution < -0.4 is 16.0 Å². The van der Waals surface area contributed by atoms with Crippen LogP contribution in [-0.2, 0) is 9.59 Å². The number of nitrogens with zero attached hydrogens (tertiary/aromatic N) is 3. The normalized spacial score (nSPS) is 15.6. The minimum absolute atomic E-state index is 0.0908. The van der Waals surface area contributed by atoms with Gasteiger partial charge in [0.1, 0.15) is 0 Å². The van der Waals surface area contributed by atoms with Crippen molar-refractivity contribution < 1.29 is 9.59 Å². The van der Waals surface area contributed by atoms with Gasteiger partial charge >= 0.3 is 0 Å². The third-order valence-corrected chi connectivity index (χ3v) is 4.23. The van der Waals surface area contributed by atoms with Crippen molar-refractivity contribution in [2.45, 2.75) is 19.3 Å². The fraction of sp³-hybridized carbons (Fsp3) is 0.529. The second-order valence-electron chi connectivity index (χ2n) is 6.00. The van der Waals surface area contributed by atoms with E-state index in [4.69, 9.17) is 0 Å². The highest BCUT2D eigenvalue weighted by Gasteiger charge is 2.23. The van der Waals surface area contributed by atoms with Gasteiger partial charge in [0, 0.05) is 39.8 Å². The fourth-order valence-corrected chi connectivity index (χ4v) is 2.85. The zero-order valence-electron chi connectivity index (χ0n) is 14.8. The summed E-state index contributed by atoms with van der Waals surface area (Å²) in [6.45, 7) is 1.79. The maximum Gasteiger partial charge on any atom is 0.243 e. The number of likely N-dealkylation sites (tertiary alicyclic amines) is 1. The van der Waals surface area contributed by atoms with Crippen LogP contribution in [0.4, 0.5) is 5.69 Å². The van der Waals surface area contributed by atoms with Crippen molar-refractivity contribution in [3.8, 4) is 0 Å². The SMILES string of the molecule is CN=C(NCC(=O)Nc1cccnc1)N1CCC(CC(=O)NC)CC1. The van der Waals surface area contributed by atoms with Crippen molar-refractivity contribution in [1.82, 2.24) is 20.5 Å². The Kier molecular flexibility index (Phi) is 7.18. The predicted molar refractivity (Wildman–Crippen MR) is 97.2 cm³/mol. The van der Waals surface area contributed by atoms with E-state index in [0.29, 0.717) is 24.0 Å². The molecule has 1 saturated heterocycles. The molecule has 1 aromatic rings. The van der Waals surface area contributed by atoms with Crippen LogP contribution in [0.5, 0.6) is 0 Å². The summed E-state index contributed by atoms with van der Waals surface area (Å²) in [5.41, 5.74) is 0.666. The molecule has 0 aliphatic carbocycles. The second-order valence-corrected chi connectivity index (χ2v) is 6.00. The van der Waals surface area contributed by atoms with Gasteiger partial charge in [-0.05, 0) is 30.9 Å². The van der Waals surface area contributed by atoms with Crippen molar-refractivity contribution in [3.05, 3.63) is 24.5 Å². The number of pyridine rings is 1. The number of aromatic nitrogens is 1. The number of guanidine groups is 1. The Bertz CT molecular complexity index is 596. The average Bonchev–Trinajstić information content (AvgIpc) is 2.64. The van der Waals surface area contributed by atoms with Crippen LogP contribution in [0.1, 0.15) is 19.3 Å². The van der Waals surface area contributed by atoms with Gasteiger partial charge in [0.25, 0.3) is 0 Å². The van der Waals surface area contributed by atoms with Gasteiger partial charge in [-0.1, -0.05) is 0 Å². The smallest absolute Gasteiger partial charge is 0.243 e. The van der Waals surface area contributed by atoms with E-state index in [1.807, 2.05) is 0 Å². The number of amides is 2. The molecule has 8 heteroatoms. The predicted octanol–water partition coefficient (Wildman–Crippen LogP) is 0.444. The number of carbonyl (C=O) groups excluding carboxylic acids is 2. The molecule has 1 aliphatic rings. The summed E-state index contributed by atoms with van der Waals surface area (Å²) in [6.07, 6.45) is 5.71. The van der Waals surface area contributed by atoms with Crippen LogP contribution >= 0.6 is 0 Å². The van der Waals surface area contributed by atoms with Crippen molar-refractivity contribution in [3.63, 3.8) is 0 Å². The molecule has 2 amide bonds. The molecule has 1 aromatic heterocycles. The van der Waals surface area contributed by atoms with Gasteiger partial charge in [-0.25, -0.2) is 0 Å². The number of aliphatic imine (C=N–C) groups is 1. The molecule has 2 heterocycles. The highest BCUT2D eigenvalue weighted by Crippen LogP contribution is 2.20. The second kappa shape index (κ2) is 9.61. The number of piperidine rings is 1. The summed E-state index contributed by atoms with van der Waals surface area (Å²) >= 11 is 0.